The molecule has 3 nitrogen and oxygen atoms in total. The number of rotatable bonds is 4. The van der Waals surface area contributed by atoms with E-state index in [0.29, 0.717) is 13.2 Å². The van der Waals surface area contributed by atoms with Gasteiger partial charge in [0.05, 0.1) is 13.2 Å². The summed E-state index contributed by atoms with van der Waals surface area (Å²) in [4.78, 5) is 13.4. The van der Waals surface area contributed by atoms with Gasteiger partial charge in [0, 0.05) is 7.11 Å². The van der Waals surface area contributed by atoms with Gasteiger partial charge < -0.3 is 4.74 Å². The normalized spacial score (nSPS) is 9.31. The molecule has 0 N–H and O–H groups in total. The number of carbonyl (C=O) groups excluding carboxylic acids is 1. The molecule has 0 aliphatic carbocycles. The number of hydrogen-bond donors (Lipinski definition) is 0. The van der Waals surface area contributed by atoms with E-state index >= 15 is 0 Å². The fraction of sp³-hybridized carbons (Fsp3) is 0.300. The Kier molecular flexibility index (Phi) is 3.89. The highest BCUT2D eigenvalue weighted by Gasteiger charge is 1.94. The van der Waals surface area contributed by atoms with E-state index in [-0.39, 0.29) is 0 Å². The van der Waals surface area contributed by atoms with Crippen LogP contribution in [0, 0.1) is 0 Å². The van der Waals surface area contributed by atoms with E-state index in [1.54, 1.807) is 7.11 Å². The third-order valence-electron chi connectivity index (χ3n) is 1.63. The highest BCUT2D eigenvalue weighted by atomic mass is 16.5. The van der Waals surface area contributed by atoms with Crippen LogP contribution in [-0.2, 0) is 22.7 Å². The number of ether oxygens (including phenoxy) is 1. The molecular weight excluding hydrogens is 166 g/mol. The molecule has 0 unspecified atom stereocenters. The summed E-state index contributed by atoms with van der Waals surface area (Å²) in [7, 11) is 1.65. The molecule has 0 aliphatic rings. The van der Waals surface area contributed by atoms with E-state index in [1.807, 2.05) is 24.3 Å². The van der Waals surface area contributed by atoms with Crippen molar-refractivity contribution in [2.24, 2.45) is 4.99 Å². The van der Waals surface area contributed by atoms with E-state index in [0.717, 1.165) is 11.1 Å². The molecule has 0 radical (unpaired) electrons. The molecule has 0 bridgehead atoms. The molecule has 68 valence electrons. The summed E-state index contributed by atoms with van der Waals surface area (Å²) in [5, 5.41) is 0. The van der Waals surface area contributed by atoms with Crippen LogP contribution in [0.3, 0.4) is 0 Å². The second-order valence-corrected chi connectivity index (χ2v) is 2.66. The molecule has 0 aromatic heterocycles. The van der Waals surface area contributed by atoms with Crippen molar-refractivity contribution in [3.05, 3.63) is 35.4 Å². The van der Waals surface area contributed by atoms with Crippen LogP contribution in [0.4, 0.5) is 0 Å². The van der Waals surface area contributed by atoms with Gasteiger partial charge in [-0.2, -0.15) is 0 Å². The second kappa shape index (κ2) is 5.25. The zero-order valence-corrected chi connectivity index (χ0v) is 7.49. The quantitative estimate of drug-likeness (QED) is 0.518. The van der Waals surface area contributed by atoms with Crippen LogP contribution in [0.2, 0.25) is 0 Å². The van der Waals surface area contributed by atoms with Gasteiger partial charge in [-0.05, 0) is 11.1 Å². The molecule has 1 rings (SSSR count). The highest BCUT2D eigenvalue weighted by Crippen LogP contribution is 2.06. The van der Waals surface area contributed by atoms with Gasteiger partial charge in [-0.1, -0.05) is 24.3 Å². The van der Waals surface area contributed by atoms with E-state index in [9.17, 15) is 4.79 Å². The summed E-state index contributed by atoms with van der Waals surface area (Å²) < 4.78 is 4.98. The van der Waals surface area contributed by atoms with Crippen molar-refractivity contribution >= 4 is 6.08 Å². The van der Waals surface area contributed by atoms with E-state index in [4.69, 9.17) is 4.74 Å². The number of nitrogens with zero attached hydrogens (tertiary/aromatic N) is 1. The third kappa shape index (κ3) is 3.20. The van der Waals surface area contributed by atoms with Gasteiger partial charge in [-0.25, -0.2) is 9.79 Å². The van der Waals surface area contributed by atoms with Crippen LogP contribution in [0.5, 0.6) is 0 Å². The molecule has 0 amide bonds. The Labute approximate surface area is 77.1 Å². The molecule has 13 heavy (non-hydrogen) atoms. The van der Waals surface area contributed by atoms with E-state index in [2.05, 4.69) is 4.99 Å². The lowest BCUT2D eigenvalue weighted by Crippen LogP contribution is -1.89. The first-order valence-corrected chi connectivity index (χ1v) is 3.97. The van der Waals surface area contributed by atoms with Crippen LogP contribution in [0.1, 0.15) is 11.1 Å². The average molecular weight is 177 g/mol. The molecule has 3 heteroatoms. The van der Waals surface area contributed by atoms with Gasteiger partial charge in [-0.3, -0.25) is 0 Å². The minimum Gasteiger partial charge on any atom is -0.380 e. The minimum absolute atomic E-state index is 0.390. The van der Waals surface area contributed by atoms with Crippen molar-refractivity contribution in [1.29, 1.82) is 0 Å². The summed E-state index contributed by atoms with van der Waals surface area (Å²) in [6, 6.07) is 7.77. The predicted molar refractivity (Wildman–Crippen MR) is 49.0 cm³/mol. The largest absolute Gasteiger partial charge is 0.380 e. The summed E-state index contributed by atoms with van der Waals surface area (Å²) >= 11 is 0. The fourth-order valence-corrected chi connectivity index (χ4v) is 1.11. The molecule has 0 fully saturated rings. The standard InChI is InChI=1S/C10H11NO2/c1-13-7-10-4-2-3-9(5-10)6-11-8-12/h2-5H,6-7H2,1H3. The Morgan fingerprint density at radius 3 is 2.92 bits per heavy atom. The average Bonchev–Trinajstić information content (AvgIpc) is 2.16. The van der Waals surface area contributed by atoms with Crippen LogP contribution >= 0.6 is 0 Å². The third-order valence-corrected chi connectivity index (χ3v) is 1.63. The van der Waals surface area contributed by atoms with Gasteiger partial charge in [0.1, 0.15) is 0 Å². The van der Waals surface area contributed by atoms with Crippen LogP contribution in [0.15, 0.2) is 29.3 Å². The van der Waals surface area contributed by atoms with Crippen LogP contribution in [-0.4, -0.2) is 13.2 Å². The Morgan fingerprint density at radius 2 is 2.23 bits per heavy atom. The Morgan fingerprint density at radius 1 is 1.46 bits per heavy atom. The minimum atomic E-state index is 0.390. The zero-order chi connectivity index (χ0) is 9.52. The molecule has 0 saturated heterocycles. The summed E-state index contributed by atoms with van der Waals surface area (Å²) in [5.74, 6) is 0. The first-order valence-electron chi connectivity index (χ1n) is 3.97. The lowest BCUT2D eigenvalue weighted by atomic mass is 10.1. The summed E-state index contributed by atoms with van der Waals surface area (Å²) in [6.45, 7) is 0.972. The molecule has 0 atom stereocenters. The topological polar surface area (TPSA) is 38.7 Å². The van der Waals surface area contributed by atoms with Crippen molar-refractivity contribution in [1.82, 2.24) is 0 Å². The molecule has 0 heterocycles. The zero-order valence-electron chi connectivity index (χ0n) is 7.49. The number of isocyanates is 1. The summed E-state index contributed by atoms with van der Waals surface area (Å²) in [5.41, 5.74) is 2.08. The number of benzene rings is 1. The maximum atomic E-state index is 9.87. The number of methoxy groups -OCH3 is 1. The molecule has 0 saturated carbocycles. The monoisotopic (exact) mass is 177 g/mol. The second-order valence-electron chi connectivity index (χ2n) is 2.66. The van der Waals surface area contributed by atoms with Gasteiger partial charge in [-0.15, -0.1) is 0 Å². The predicted octanol–water partition coefficient (Wildman–Crippen LogP) is 1.67. The molecule has 0 aliphatic heterocycles. The molecule has 1 aromatic rings. The maximum absolute atomic E-state index is 9.87. The molecule has 1 aromatic carbocycles. The Hall–Kier alpha value is -1.44. The fourth-order valence-electron chi connectivity index (χ4n) is 1.11. The highest BCUT2D eigenvalue weighted by molar-refractivity contribution is 5.34. The van der Waals surface area contributed by atoms with Crippen molar-refractivity contribution in [3.63, 3.8) is 0 Å². The van der Waals surface area contributed by atoms with Crippen LogP contribution < -0.4 is 0 Å². The van der Waals surface area contributed by atoms with Crippen molar-refractivity contribution < 1.29 is 9.53 Å². The van der Waals surface area contributed by atoms with Crippen LogP contribution in [0.25, 0.3) is 0 Å². The number of aliphatic imine (C=N–C) groups is 1. The SMILES string of the molecule is COCc1cccc(CN=C=O)c1. The lowest BCUT2D eigenvalue weighted by Gasteiger charge is -2.00. The van der Waals surface area contributed by atoms with Crippen molar-refractivity contribution in [2.45, 2.75) is 13.2 Å². The van der Waals surface area contributed by atoms with Gasteiger partial charge in [0.15, 0.2) is 0 Å². The van der Waals surface area contributed by atoms with E-state index in [1.165, 1.54) is 6.08 Å². The number of hydrogen-bond acceptors (Lipinski definition) is 3. The van der Waals surface area contributed by atoms with E-state index < -0.39 is 0 Å². The molecule has 0 spiro atoms. The van der Waals surface area contributed by atoms with Crippen molar-refractivity contribution in [2.75, 3.05) is 7.11 Å². The van der Waals surface area contributed by atoms with Gasteiger partial charge >= 0.3 is 0 Å². The summed E-state index contributed by atoms with van der Waals surface area (Å²) in [6.07, 6.45) is 1.51. The molecular formula is C10H11NO2. The van der Waals surface area contributed by atoms with Crippen molar-refractivity contribution in [3.8, 4) is 0 Å². The first kappa shape index (κ1) is 9.65. The lowest BCUT2D eigenvalue weighted by molar-refractivity contribution is 0.185. The maximum Gasteiger partial charge on any atom is 0.235 e. The van der Waals surface area contributed by atoms with Gasteiger partial charge in [0.2, 0.25) is 6.08 Å². The smallest absolute Gasteiger partial charge is 0.235 e. The van der Waals surface area contributed by atoms with Gasteiger partial charge in [0.25, 0.3) is 0 Å². The Bertz CT molecular complexity index is 316. The first-order chi connectivity index (χ1) is 6.36. The Balaban J connectivity index is 2.72.